The summed E-state index contributed by atoms with van der Waals surface area (Å²) in [6, 6.07) is 7.29. The van der Waals surface area contributed by atoms with Gasteiger partial charge in [0.05, 0.1) is 18.2 Å². The number of carbonyl (C=O) groups is 1. The second-order valence-corrected chi connectivity index (χ2v) is 9.47. The van der Waals surface area contributed by atoms with E-state index in [1.807, 2.05) is 0 Å². The van der Waals surface area contributed by atoms with Crippen LogP contribution < -0.4 is 16.2 Å². The highest BCUT2D eigenvalue weighted by atomic mass is 19.3. The first-order valence-electron chi connectivity index (χ1n) is 12.2. The molecule has 0 saturated heterocycles. The Bertz CT molecular complexity index is 1470. The average Bonchev–Trinajstić information content (AvgIpc) is 3.33. The van der Waals surface area contributed by atoms with E-state index < -0.39 is 17.7 Å². The van der Waals surface area contributed by atoms with Crippen LogP contribution in [0.15, 0.2) is 40.4 Å². The first kappa shape index (κ1) is 24.5. The van der Waals surface area contributed by atoms with Gasteiger partial charge in [-0.3, -0.25) is 9.59 Å². The second-order valence-electron chi connectivity index (χ2n) is 9.47. The Hall–Kier alpha value is -4.14. The lowest BCUT2D eigenvalue weighted by atomic mass is 9.82. The van der Waals surface area contributed by atoms with Gasteiger partial charge in [-0.25, -0.2) is 18.8 Å². The first-order valence-corrected chi connectivity index (χ1v) is 12.2. The van der Waals surface area contributed by atoms with Gasteiger partial charge < -0.3 is 15.2 Å². The van der Waals surface area contributed by atoms with Crippen LogP contribution in [0.1, 0.15) is 54.9 Å². The number of hydrogen-bond acceptors (Lipinski definition) is 7. The highest BCUT2D eigenvalue weighted by molar-refractivity contribution is 6.04. The summed E-state index contributed by atoms with van der Waals surface area (Å²) in [5.41, 5.74) is 0.263. The van der Waals surface area contributed by atoms with Crippen molar-refractivity contribution < 1.29 is 13.6 Å². The largest absolute Gasteiger partial charge is 0.373 e. The maximum Gasteiger partial charge on any atom is 0.282 e. The Balaban J connectivity index is 1.44. The molecule has 10 nitrogen and oxygen atoms in total. The summed E-state index contributed by atoms with van der Waals surface area (Å²) in [7, 11) is 1.67. The van der Waals surface area contributed by atoms with Crippen LogP contribution in [0, 0.1) is 23.2 Å². The van der Waals surface area contributed by atoms with Crippen LogP contribution in [0.25, 0.3) is 5.65 Å². The number of amides is 1. The van der Waals surface area contributed by atoms with E-state index in [1.165, 1.54) is 10.7 Å². The third kappa shape index (κ3) is 4.69. The van der Waals surface area contributed by atoms with Gasteiger partial charge >= 0.3 is 0 Å². The van der Waals surface area contributed by atoms with Gasteiger partial charge in [-0.05, 0) is 37.8 Å². The highest BCUT2D eigenvalue weighted by Crippen LogP contribution is 2.42. The van der Waals surface area contributed by atoms with Crippen LogP contribution >= 0.6 is 0 Å². The monoisotopic (exact) mass is 508 g/mol. The van der Waals surface area contributed by atoms with Crippen LogP contribution in [0.2, 0.25) is 0 Å². The molecular weight excluding hydrogens is 482 g/mol. The van der Waals surface area contributed by atoms with Crippen molar-refractivity contribution in [2.45, 2.75) is 50.5 Å². The van der Waals surface area contributed by atoms with Gasteiger partial charge in [0, 0.05) is 43.9 Å². The van der Waals surface area contributed by atoms with Crippen molar-refractivity contribution in [1.29, 1.82) is 5.26 Å². The fraction of sp³-hybridized carbons (Fsp3) is 0.440. The van der Waals surface area contributed by atoms with E-state index >= 15 is 0 Å². The van der Waals surface area contributed by atoms with Crippen LogP contribution in [-0.4, -0.2) is 44.3 Å². The number of rotatable bonds is 6. The van der Waals surface area contributed by atoms with Gasteiger partial charge in [0.1, 0.15) is 22.9 Å². The number of anilines is 3. The molecule has 3 aromatic rings. The van der Waals surface area contributed by atoms with Crippen LogP contribution in [0.3, 0.4) is 0 Å². The summed E-state index contributed by atoms with van der Waals surface area (Å²) < 4.78 is 30.1. The van der Waals surface area contributed by atoms with Crippen LogP contribution in [0.4, 0.5) is 26.1 Å². The predicted octanol–water partition coefficient (Wildman–Crippen LogP) is 4.19. The summed E-state index contributed by atoms with van der Waals surface area (Å²) in [5.74, 6) is -3.91. The number of nitrogens with one attached hydrogen (secondary N) is 2. The van der Waals surface area contributed by atoms with Crippen molar-refractivity contribution in [2.24, 2.45) is 16.8 Å². The standard InChI is InChI=1S/C25H26F2N8O2/c1-29-21-11-20(32-19-6-3-9-34(24(19)37)17-5-2-4-15(10-17)12-28)33-22-18(14-31-35(21)22)23(36)30-13-16-7-8-25(16,26)27/h3,6,9,11,13-17,29H,2,4-5,7-8,10H2,1H3,(H,32,33)/b30-13+/t15-,16?,17?/m0/s1. The Morgan fingerprint density at radius 1 is 1.35 bits per heavy atom. The lowest BCUT2D eigenvalue weighted by Crippen LogP contribution is -2.39. The van der Waals surface area contributed by atoms with Gasteiger partial charge in [-0.2, -0.15) is 14.9 Å². The van der Waals surface area contributed by atoms with Crippen LogP contribution in [-0.2, 0) is 0 Å². The number of halogens is 2. The molecule has 0 spiro atoms. The van der Waals surface area contributed by atoms with E-state index in [2.05, 4.69) is 31.8 Å². The molecule has 3 heterocycles. The van der Waals surface area contributed by atoms with Crippen LogP contribution in [0.5, 0.6) is 0 Å². The molecule has 5 rings (SSSR count). The Morgan fingerprint density at radius 2 is 2.19 bits per heavy atom. The minimum atomic E-state index is -2.84. The maximum absolute atomic E-state index is 13.5. The molecule has 12 heteroatoms. The van der Waals surface area contributed by atoms with Gasteiger partial charge in [0.15, 0.2) is 5.65 Å². The average molecular weight is 509 g/mol. The molecule has 0 aliphatic heterocycles. The van der Waals surface area contributed by atoms with Crippen molar-refractivity contribution in [2.75, 3.05) is 17.7 Å². The number of fused-ring (bicyclic) bond motifs is 1. The van der Waals surface area contributed by atoms with Gasteiger partial charge in [0.25, 0.3) is 17.4 Å². The molecule has 0 bridgehead atoms. The van der Waals surface area contributed by atoms with E-state index in [0.717, 1.165) is 25.5 Å². The maximum atomic E-state index is 13.5. The van der Waals surface area contributed by atoms with Gasteiger partial charge in [0.2, 0.25) is 0 Å². The minimum absolute atomic E-state index is 0.0502. The number of carbonyl (C=O) groups excluding carboxylic acids is 1. The molecule has 3 aromatic heterocycles. The van der Waals surface area contributed by atoms with Crippen molar-refractivity contribution in [3.63, 3.8) is 0 Å². The minimum Gasteiger partial charge on any atom is -0.373 e. The predicted molar refractivity (Wildman–Crippen MR) is 134 cm³/mol. The Morgan fingerprint density at radius 3 is 2.89 bits per heavy atom. The summed E-state index contributed by atoms with van der Waals surface area (Å²) in [6.07, 6.45) is 7.27. The topological polar surface area (TPSA) is 129 Å². The molecule has 2 saturated carbocycles. The first-order chi connectivity index (χ1) is 17.8. The van der Waals surface area contributed by atoms with E-state index in [-0.39, 0.29) is 53.1 Å². The number of hydrogen-bond donors (Lipinski definition) is 2. The SMILES string of the molecule is CNc1cc(Nc2cccn(C3CCC[C@H](C#N)C3)c2=O)nc2c(C(=O)/N=C/C3CCC3(F)F)cnn12. The van der Waals surface area contributed by atoms with E-state index in [1.54, 1.807) is 36.0 Å². The second kappa shape index (κ2) is 9.72. The third-order valence-electron chi connectivity index (χ3n) is 7.12. The lowest BCUT2D eigenvalue weighted by molar-refractivity contribution is -0.101. The van der Waals surface area contributed by atoms with Crippen molar-refractivity contribution in [1.82, 2.24) is 19.2 Å². The van der Waals surface area contributed by atoms with Crippen molar-refractivity contribution >= 4 is 35.1 Å². The number of nitriles is 1. The fourth-order valence-electron chi connectivity index (χ4n) is 4.86. The zero-order valence-electron chi connectivity index (χ0n) is 20.2. The number of aliphatic imine (C=N–C) groups is 1. The molecule has 0 radical (unpaired) electrons. The fourth-order valence-corrected chi connectivity index (χ4v) is 4.86. The van der Waals surface area contributed by atoms with Crippen molar-refractivity contribution in [3.05, 3.63) is 46.5 Å². The van der Waals surface area contributed by atoms with E-state index in [9.17, 15) is 23.6 Å². The molecule has 3 atom stereocenters. The lowest BCUT2D eigenvalue weighted by Gasteiger charge is -2.33. The molecule has 2 unspecified atom stereocenters. The molecule has 2 aliphatic rings. The molecular formula is C25H26F2N8O2. The summed E-state index contributed by atoms with van der Waals surface area (Å²) in [5, 5.41) is 19.5. The summed E-state index contributed by atoms with van der Waals surface area (Å²) in [6.45, 7) is 0. The summed E-state index contributed by atoms with van der Waals surface area (Å²) in [4.78, 5) is 34.2. The zero-order valence-corrected chi connectivity index (χ0v) is 20.2. The molecule has 2 fully saturated rings. The molecule has 2 N–H and O–H groups in total. The number of nitrogens with zero attached hydrogens (tertiary/aromatic N) is 6. The smallest absolute Gasteiger partial charge is 0.282 e. The number of aromatic nitrogens is 4. The normalized spacial score (nSPS) is 22.9. The number of alkyl halides is 2. The van der Waals surface area contributed by atoms with Gasteiger partial charge in [-0.15, -0.1) is 0 Å². The highest BCUT2D eigenvalue weighted by Gasteiger charge is 2.47. The quantitative estimate of drug-likeness (QED) is 0.478. The summed E-state index contributed by atoms with van der Waals surface area (Å²) >= 11 is 0. The third-order valence-corrected chi connectivity index (χ3v) is 7.12. The Labute approximate surface area is 211 Å². The molecule has 2 aliphatic carbocycles. The number of pyridine rings is 1. The molecule has 192 valence electrons. The van der Waals surface area contributed by atoms with Crippen molar-refractivity contribution in [3.8, 4) is 6.07 Å². The zero-order chi connectivity index (χ0) is 26.2. The molecule has 0 aromatic carbocycles. The Kier molecular flexibility index (Phi) is 6.45. The van der Waals surface area contributed by atoms with E-state index in [0.29, 0.717) is 12.2 Å². The van der Waals surface area contributed by atoms with E-state index in [4.69, 9.17) is 0 Å². The molecule has 1 amide bonds. The molecule has 37 heavy (non-hydrogen) atoms. The van der Waals surface area contributed by atoms with Gasteiger partial charge in [-0.1, -0.05) is 6.42 Å².